The Kier molecular flexibility index (Phi) is 6.65. The van der Waals surface area contributed by atoms with Gasteiger partial charge in [0.25, 0.3) is 0 Å². The van der Waals surface area contributed by atoms with Gasteiger partial charge in [-0.2, -0.15) is 0 Å². The van der Waals surface area contributed by atoms with Crippen LogP contribution in [0.2, 0.25) is 0 Å². The molecule has 0 spiro atoms. The zero-order chi connectivity index (χ0) is 24.6. The maximum Gasteiger partial charge on any atom is 0.200 e. The lowest BCUT2D eigenvalue weighted by molar-refractivity contribution is -0.0409. The molecule has 2 aromatic carbocycles. The van der Waals surface area contributed by atoms with Crippen LogP contribution in [-0.2, 0) is 22.4 Å². The van der Waals surface area contributed by atoms with Gasteiger partial charge in [0.15, 0.2) is 11.3 Å². The van der Waals surface area contributed by atoms with Crippen LogP contribution in [0, 0.1) is 0 Å². The number of hydrogen-bond donors (Lipinski definition) is 0. The highest BCUT2D eigenvalue weighted by molar-refractivity contribution is 7.99. The van der Waals surface area contributed by atoms with Crippen LogP contribution in [0.4, 0.5) is 5.88 Å². The molecule has 0 radical (unpaired) electrons. The summed E-state index contributed by atoms with van der Waals surface area (Å²) in [7, 11) is 0. The fourth-order valence-electron chi connectivity index (χ4n) is 5.42. The van der Waals surface area contributed by atoms with Crippen LogP contribution in [0.25, 0.3) is 11.3 Å². The van der Waals surface area contributed by atoms with Crippen LogP contribution in [0.3, 0.4) is 0 Å². The molecule has 7 heteroatoms. The van der Waals surface area contributed by atoms with E-state index in [0.717, 1.165) is 44.8 Å². The second kappa shape index (κ2) is 10.1. The van der Waals surface area contributed by atoms with Gasteiger partial charge in [0, 0.05) is 59.2 Å². The second-order valence-electron chi connectivity index (χ2n) is 10.0. The molecular formula is C29H32N2O4S. The Morgan fingerprint density at radius 2 is 1.75 bits per heavy atom. The lowest BCUT2D eigenvalue weighted by Gasteiger charge is -2.39. The fraction of sp³-hybridized carbons (Fsp3) is 0.414. The van der Waals surface area contributed by atoms with E-state index in [1.165, 1.54) is 26.5 Å². The summed E-state index contributed by atoms with van der Waals surface area (Å²) in [6, 6.07) is 17.3. The average molecular weight is 505 g/mol. The van der Waals surface area contributed by atoms with Gasteiger partial charge in [0.2, 0.25) is 0 Å². The third-order valence-electron chi connectivity index (χ3n) is 7.37. The van der Waals surface area contributed by atoms with Crippen molar-refractivity contribution in [2.75, 3.05) is 44.4 Å². The van der Waals surface area contributed by atoms with E-state index in [9.17, 15) is 4.79 Å². The Balaban J connectivity index is 1.28. The summed E-state index contributed by atoms with van der Waals surface area (Å²) < 4.78 is 17.5. The number of morpholine rings is 2. The first-order valence-electron chi connectivity index (χ1n) is 12.8. The van der Waals surface area contributed by atoms with Crippen LogP contribution >= 0.6 is 11.8 Å². The van der Waals surface area contributed by atoms with Crippen molar-refractivity contribution in [3.8, 4) is 11.3 Å². The van der Waals surface area contributed by atoms with Gasteiger partial charge in [-0.05, 0) is 43.0 Å². The zero-order valence-electron chi connectivity index (χ0n) is 20.9. The fourth-order valence-corrected chi connectivity index (χ4v) is 6.58. The number of fused-ring (bicyclic) bond motifs is 2. The van der Waals surface area contributed by atoms with E-state index in [2.05, 4.69) is 60.0 Å². The topological polar surface area (TPSA) is 55.2 Å². The minimum atomic E-state index is -0.0345. The number of benzene rings is 2. The normalized spacial score (nSPS) is 22.2. The highest BCUT2D eigenvalue weighted by atomic mass is 32.2. The number of hydrogen-bond acceptors (Lipinski definition) is 7. The zero-order valence-corrected chi connectivity index (χ0v) is 21.7. The minimum absolute atomic E-state index is 0.0345. The van der Waals surface area contributed by atoms with Crippen LogP contribution in [0.15, 0.2) is 67.5 Å². The molecule has 2 atom stereocenters. The number of ether oxygens (including phenoxy) is 2. The predicted octanol–water partition coefficient (Wildman–Crippen LogP) is 4.81. The standard InChI is InChI=1S/C29H32N2O4S/c1-19-17-34-18-20(2)31(19)16-21-6-7-27-23(12-21)13-22-4-3-5-25(29(22)36-27)26-14-24(32)15-28(35-26)30-8-10-33-11-9-30/h3-7,12,14-15,19-20H,8-11,13,16-18H2,1-2H3/t19-,20+. The van der Waals surface area contributed by atoms with E-state index < -0.39 is 0 Å². The molecule has 6 rings (SSSR count). The SMILES string of the molecule is C[C@@H]1COC[C@H](C)N1Cc1ccc2c(c1)Cc1cccc(-c3cc(=O)cc(N4CCOCC4)o3)c1S2. The molecule has 3 aromatic rings. The molecule has 3 aliphatic heterocycles. The van der Waals surface area contributed by atoms with Crippen molar-refractivity contribution >= 4 is 17.6 Å². The first-order valence-corrected chi connectivity index (χ1v) is 13.6. The third-order valence-corrected chi connectivity index (χ3v) is 8.68. The Labute approximate surface area is 216 Å². The van der Waals surface area contributed by atoms with Crippen LogP contribution in [0.1, 0.15) is 30.5 Å². The van der Waals surface area contributed by atoms with Gasteiger partial charge in [0.05, 0.1) is 26.4 Å². The average Bonchev–Trinajstić information content (AvgIpc) is 2.89. The molecule has 1 aromatic heterocycles. The maximum atomic E-state index is 12.6. The van der Waals surface area contributed by atoms with E-state index in [1.54, 1.807) is 23.9 Å². The quantitative estimate of drug-likeness (QED) is 0.395. The minimum Gasteiger partial charge on any atom is -0.440 e. The van der Waals surface area contributed by atoms with Gasteiger partial charge in [-0.1, -0.05) is 42.1 Å². The summed E-state index contributed by atoms with van der Waals surface area (Å²) in [5.74, 6) is 1.25. The molecule has 2 saturated heterocycles. The summed E-state index contributed by atoms with van der Waals surface area (Å²) in [4.78, 5) is 19.7. The van der Waals surface area contributed by atoms with Crippen molar-refractivity contribution < 1.29 is 13.9 Å². The van der Waals surface area contributed by atoms with Crippen molar-refractivity contribution in [1.82, 2.24) is 4.90 Å². The Morgan fingerprint density at radius 1 is 0.944 bits per heavy atom. The summed E-state index contributed by atoms with van der Waals surface area (Å²) in [6.45, 7) is 9.77. The Bertz CT molecular complexity index is 1310. The molecule has 36 heavy (non-hydrogen) atoms. The largest absolute Gasteiger partial charge is 0.440 e. The molecule has 0 aliphatic carbocycles. The molecule has 0 saturated carbocycles. The molecular weight excluding hydrogens is 472 g/mol. The molecule has 3 aliphatic rings. The molecule has 6 nitrogen and oxygen atoms in total. The molecule has 0 bridgehead atoms. The lowest BCUT2D eigenvalue weighted by Crippen LogP contribution is -2.48. The van der Waals surface area contributed by atoms with Gasteiger partial charge >= 0.3 is 0 Å². The Hall–Kier alpha value is -2.58. The Morgan fingerprint density at radius 3 is 2.56 bits per heavy atom. The summed E-state index contributed by atoms with van der Waals surface area (Å²) >= 11 is 1.78. The first kappa shape index (κ1) is 23.8. The van der Waals surface area contributed by atoms with Gasteiger partial charge in [-0.3, -0.25) is 9.69 Å². The van der Waals surface area contributed by atoms with Crippen molar-refractivity contribution in [3.63, 3.8) is 0 Å². The number of nitrogens with zero attached hydrogens (tertiary/aromatic N) is 2. The van der Waals surface area contributed by atoms with Gasteiger partial charge in [-0.25, -0.2) is 0 Å². The first-order chi connectivity index (χ1) is 17.5. The van der Waals surface area contributed by atoms with E-state index >= 15 is 0 Å². The predicted molar refractivity (Wildman–Crippen MR) is 142 cm³/mol. The van der Waals surface area contributed by atoms with Gasteiger partial charge in [-0.15, -0.1) is 0 Å². The monoisotopic (exact) mass is 504 g/mol. The summed E-state index contributed by atoms with van der Waals surface area (Å²) in [5, 5.41) is 0. The third kappa shape index (κ3) is 4.73. The van der Waals surface area contributed by atoms with Crippen LogP contribution < -0.4 is 10.3 Å². The molecule has 188 valence electrons. The van der Waals surface area contributed by atoms with E-state index in [0.29, 0.717) is 36.9 Å². The lowest BCUT2D eigenvalue weighted by atomic mass is 9.98. The highest BCUT2D eigenvalue weighted by Gasteiger charge is 2.27. The molecule has 4 heterocycles. The van der Waals surface area contributed by atoms with Crippen molar-refractivity contribution in [2.45, 2.75) is 48.7 Å². The molecule has 0 amide bonds. The van der Waals surface area contributed by atoms with Gasteiger partial charge in [0.1, 0.15) is 5.76 Å². The van der Waals surface area contributed by atoms with Crippen LogP contribution in [0.5, 0.6) is 0 Å². The van der Waals surface area contributed by atoms with Crippen LogP contribution in [-0.4, -0.2) is 56.5 Å². The number of anilines is 1. The van der Waals surface area contributed by atoms with E-state index in [4.69, 9.17) is 13.9 Å². The number of rotatable bonds is 4. The van der Waals surface area contributed by atoms with Crippen molar-refractivity contribution in [1.29, 1.82) is 0 Å². The maximum absolute atomic E-state index is 12.6. The van der Waals surface area contributed by atoms with E-state index in [-0.39, 0.29) is 5.43 Å². The van der Waals surface area contributed by atoms with E-state index in [1.807, 2.05) is 0 Å². The summed E-state index contributed by atoms with van der Waals surface area (Å²) in [6.07, 6.45) is 0.876. The molecule has 0 unspecified atom stereocenters. The second-order valence-corrected chi connectivity index (χ2v) is 11.1. The highest BCUT2D eigenvalue weighted by Crippen LogP contribution is 2.45. The smallest absolute Gasteiger partial charge is 0.200 e. The molecule has 0 N–H and O–H groups in total. The van der Waals surface area contributed by atoms with Crippen molar-refractivity contribution in [3.05, 3.63) is 75.4 Å². The molecule has 2 fully saturated rings. The van der Waals surface area contributed by atoms with Gasteiger partial charge < -0.3 is 18.8 Å². The van der Waals surface area contributed by atoms with Crippen molar-refractivity contribution in [2.24, 2.45) is 0 Å². The summed E-state index contributed by atoms with van der Waals surface area (Å²) in [5.41, 5.74) is 4.93.